The summed E-state index contributed by atoms with van der Waals surface area (Å²) in [6.07, 6.45) is 4.45. The van der Waals surface area contributed by atoms with Crippen molar-refractivity contribution in [2.75, 3.05) is 24.7 Å². The van der Waals surface area contributed by atoms with Gasteiger partial charge in [-0.05, 0) is 18.2 Å². The Kier molecular flexibility index (Phi) is 4.24. The lowest BCUT2D eigenvalue weighted by atomic mass is 10.3. The van der Waals surface area contributed by atoms with Gasteiger partial charge in [0.25, 0.3) is 0 Å². The number of hydrogen-bond acceptors (Lipinski definition) is 3. The summed E-state index contributed by atoms with van der Waals surface area (Å²) in [5, 5.41) is 0. The summed E-state index contributed by atoms with van der Waals surface area (Å²) in [6, 6.07) is 7.50. The second-order valence-electron chi connectivity index (χ2n) is 3.82. The van der Waals surface area contributed by atoms with Gasteiger partial charge in [0, 0.05) is 10.2 Å². The number of halogens is 1. The third kappa shape index (κ3) is 3.03. The van der Waals surface area contributed by atoms with E-state index in [0.29, 0.717) is 13.2 Å². The number of anilines is 1. The van der Waals surface area contributed by atoms with E-state index in [1.54, 1.807) is 4.90 Å². The lowest BCUT2D eigenvalue weighted by Gasteiger charge is -2.12. The highest BCUT2D eigenvalue weighted by Crippen LogP contribution is 2.24. The average molecular weight is 310 g/mol. The quantitative estimate of drug-likeness (QED) is 0.633. The number of cyclic esters (lactones) is 1. The van der Waals surface area contributed by atoms with E-state index in [4.69, 9.17) is 15.9 Å². The van der Waals surface area contributed by atoms with Crippen LogP contribution in [-0.2, 0) is 9.47 Å². The first kappa shape index (κ1) is 12.9. The molecule has 1 aromatic carbocycles. The van der Waals surface area contributed by atoms with E-state index in [1.807, 2.05) is 24.3 Å². The Morgan fingerprint density at radius 3 is 3.17 bits per heavy atom. The second-order valence-corrected chi connectivity index (χ2v) is 4.73. The van der Waals surface area contributed by atoms with Crippen LogP contribution >= 0.6 is 15.9 Å². The number of amides is 1. The van der Waals surface area contributed by atoms with Crippen molar-refractivity contribution in [2.24, 2.45) is 0 Å². The summed E-state index contributed by atoms with van der Waals surface area (Å²) < 4.78 is 11.3. The molecule has 1 fully saturated rings. The van der Waals surface area contributed by atoms with Gasteiger partial charge < -0.3 is 9.47 Å². The van der Waals surface area contributed by atoms with Crippen LogP contribution in [0.25, 0.3) is 0 Å². The molecule has 1 aromatic rings. The van der Waals surface area contributed by atoms with Crippen molar-refractivity contribution in [2.45, 2.75) is 6.10 Å². The summed E-state index contributed by atoms with van der Waals surface area (Å²) in [7, 11) is 0. The first-order valence-corrected chi connectivity index (χ1v) is 6.25. The highest BCUT2D eigenvalue weighted by Gasteiger charge is 2.32. The number of rotatable bonds is 4. The van der Waals surface area contributed by atoms with Crippen molar-refractivity contribution in [3.05, 3.63) is 28.7 Å². The van der Waals surface area contributed by atoms with Crippen LogP contribution in [0, 0.1) is 12.3 Å². The van der Waals surface area contributed by atoms with Crippen molar-refractivity contribution in [3.63, 3.8) is 0 Å². The summed E-state index contributed by atoms with van der Waals surface area (Å²) in [5.41, 5.74) is 0.800. The lowest BCUT2D eigenvalue weighted by Crippen LogP contribution is -2.25. The first-order valence-electron chi connectivity index (χ1n) is 5.45. The van der Waals surface area contributed by atoms with Crippen molar-refractivity contribution >= 4 is 27.7 Å². The van der Waals surface area contributed by atoms with Gasteiger partial charge in [-0.3, -0.25) is 4.90 Å². The standard InChI is InChI=1S/C13H12BrNO3/c1-2-6-17-9-12-8-15(13(16)18-12)11-5-3-4-10(14)7-11/h1,3-5,7,12H,6,8-9H2. The normalized spacial score (nSPS) is 18.6. The zero-order valence-electron chi connectivity index (χ0n) is 9.64. The van der Waals surface area contributed by atoms with Crippen molar-refractivity contribution in [1.29, 1.82) is 0 Å². The van der Waals surface area contributed by atoms with E-state index in [2.05, 4.69) is 21.9 Å². The topological polar surface area (TPSA) is 38.8 Å². The van der Waals surface area contributed by atoms with Crippen LogP contribution in [-0.4, -0.2) is 32.0 Å². The van der Waals surface area contributed by atoms with Crippen molar-refractivity contribution in [1.82, 2.24) is 0 Å². The minimum absolute atomic E-state index is 0.227. The molecular weight excluding hydrogens is 298 g/mol. The van der Waals surface area contributed by atoms with E-state index < -0.39 is 0 Å². The van der Waals surface area contributed by atoms with Crippen LogP contribution in [0.4, 0.5) is 10.5 Å². The monoisotopic (exact) mass is 309 g/mol. The van der Waals surface area contributed by atoms with Gasteiger partial charge in [-0.2, -0.15) is 0 Å². The van der Waals surface area contributed by atoms with Crippen LogP contribution in [0.2, 0.25) is 0 Å². The molecular formula is C13H12BrNO3. The number of ether oxygens (including phenoxy) is 2. The molecule has 94 valence electrons. The Morgan fingerprint density at radius 2 is 2.44 bits per heavy atom. The van der Waals surface area contributed by atoms with Gasteiger partial charge in [-0.1, -0.05) is 27.9 Å². The third-order valence-electron chi connectivity index (χ3n) is 2.48. The average Bonchev–Trinajstić information content (AvgIpc) is 2.71. The van der Waals surface area contributed by atoms with Gasteiger partial charge in [0.05, 0.1) is 13.2 Å². The van der Waals surface area contributed by atoms with Crippen LogP contribution in [0.5, 0.6) is 0 Å². The SMILES string of the molecule is C#CCOCC1CN(c2cccc(Br)c2)C(=O)O1. The highest BCUT2D eigenvalue weighted by molar-refractivity contribution is 9.10. The molecule has 5 heteroatoms. The van der Waals surface area contributed by atoms with E-state index in [-0.39, 0.29) is 18.8 Å². The van der Waals surface area contributed by atoms with E-state index in [0.717, 1.165) is 10.2 Å². The van der Waals surface area contributed by atoms with Crippen LogP contribution < -0.4 is 4.90 Å². The fraction of sp³-hybridized carbons (Fsp3) is 0.308. The predicted molar refractivity (Wildman–Crippen MR) is 71.4 cm³/mol. The number of nitrogens with zero attached hydrogens (tertiary/aromatic N) is 1. The third-order valence-corrected chi connectivity index (χ3v) is 2.98. The van der Waals surface area contributed by atoms with Crippen molar-refractivity contribution in [3.8, 4) is 12.3 Å². The van der Waals surface area contributed by atoms with Gasteiger partial charge in [0.2, 0.25) is 0 Å². The Morgan fingerprint density at radius 1 is 1.61 bits per heavy atom. The molecule has 0 saturated carbocycles. The Labute approximate surface area is 114 Å². The maximum absolute atomic E-state index is 11.7. The van der Waals surface area contributed by atoms with Gasteiger partial charge >= 0.3 is 6.09 Å². The maximum Gasteiger partial charge on any atom is 0.414 e. The Hall–Kier alpha value is -1.51. The van der Waals surface area contributed by atoms with Gasteiger partial charge in [0.1, 0.15) is 12.7 Å². The number of benzene rings is 1. The summed E-state index contributed by atoms with van der Waals surface area (Å²) in [6.45, 7) is 1.02. The van der Waals surface area contributed by atoms with Crippen LogP contribution in [0.15, 0.2) is 28.7 Å². The fourth-order valence-electron chi connectivity index (χ4n) is 1.71. The molecule has 1 aliphatic rings. The predicted octanol–water partition coefficient (Wildman–Crippen LogP) is 2.42. The molecule has 0 radical (unpaired) electrons. The minimum Gasteiger partial charge on any atom is -0.441 e. The number of carbonyl (C=O) groups excluding carboxylic acids is 1. The second kappa shape index (κ2) is 5.89. The minimum atomic E-state index is -0.359. The molecule has 1 saturated heterocycles. The molecule has 2 rings (SSSR count). The largest absolute Gasteiger partial charge is 0.441 e. The molecule has 1 amide bonds. The smallest absolute Gasteiger partial charge is 0.414 e. The van der Waals surface area contributed by atoms with Gasteiger partial charge in [-0.25, -0.2) is 4.79 Å². The molecule has 1 unspecified atom stereocenters. The zero-order chi connectivity index (χ0) is 13.0. The molecule has 4 nitrogen and oxygen atoms in total. The Bertz CT molecular complexity index is 483. The first-order chi connectivity index (χ1) is 8.70. The molecule has 1 atom stereocenters. The van der Waals surface area contributed by atoms with Crippen LogP contribution in [0.1, 0.15) is 0 Å². The molecule has 1 aliphatic heterocycles. The van der Waals surface area contributed by atoms with E-state index in [9.17, 15) is 4.79 Å². The molecule has 18 heavy (non-hydrogen) atoms. The van der Waals surface area contributed by atoms with Gasteiger partial charge in [0.15, 0.2) is 0 Å². The van der Waals surface area contributed by atoms with E-state index >= 15 is 0 Å². The Balaban J connectivity index is 1.99. The molecule has 0 bridgehead atoms. The number of terminal acetylenes is 1. The molecule has 0 aliphatic carbocycles. The fourth-order valence-corrected chi connectivity index (χ4v) is 2.10. The molecule has 0 spiro atoms. The zero-order valence-corrected chi connectivity index (χ0v) is 11.2. The molecule has 0 N–H and O–H groups in total. The maximum atomic E-state index is 11.7. The summed E-state index contributed by atoms with van der Waals surface area (Å²) in [4.78, 5) is 13.3. The summed E-state index contributed by atoms with van der Waals surface area (Å²) >= 11 is 3.37. The number of hydrogen-bond donors (Lipinski definition) is 0. The number of carbonyl (C=O) groups is 1. The lowest BCUT2D eigenvalue weighted by molar-refractivity contribution is 0.0598. The summed E-state index contributed by atoms with van der Waals surface area (Å²) in [5.74, 6) is 2.37. The molecule has 0 aromatic heterocycles. The highest BCUT2D eigenvalue weighted by atomic mass is 79.9. The van der Waals surface area contributed by atoms with Gasteiger partial charge in [-0.15, -0.1) is 6.42 Å². The van der Waals surface area contributed by atoms with E-state index in [1.165, 1.54) is 0 Å². The van der Waals surface area contributed by atoms with Crippen LogP contribution in [0.3, 0.4) is 0 Å². The molecule has 1 heterocycles. The van der Waals surface area contributed by atoms with Crippen molar-refractivity contribution < 1.29 is 14.3 Å².